The molecule has 0 amide bonds. The van der Waals surface area contributed by atoms with Crippen molar-refractivity contribution in [3.8, 4) is 0 Å². The minimum atomic E-state index is 0.534. The summed E-state index contributed by atoms with van der Waals surface area (Å²) in [5.41, 5.74) is 0. The lowest BCUT2D eigenvalue weighted by Gasteiger charge is -2.30. The van der Waals surface area contributed by atoms with E-state index >= 15 is 0 Å². The molecule has 2 rings (SSSR count). The first kappa shape index (κ1) is 8.52. The van der Waals surface area contributed by atoms with Crippen molar-refractivity contribution in [2.45, 2.75) is 38.2 Å². The number of hydrogen-bond donors (Lipinski definition) is 1. The van der Waals surface area contributed by atoms with Crippen LogP contribution in [0.2, 0.25) is 0 Å². The molecule has 2 nitrogen and oxygen atoms in total. The van der Waals surface area contributed by atoms with Crippen LogP contribution in [-0.4, -0.2) is 25.8 Å². The van der Waals surface area contributed by atoms with E-state index in [0.29, 0.717) is 6.10 Å². The predicted molar refractivity (Wildman–Crippen MR) is 49.2 cm³/mol. The van der Waals surface area contributed by atoms with Gasteiger partial charge in [0.25, 0.3) is 0 Å². The van der Waals surface area contributed by atoms with E-state index in [-0.39, 0.29) is 0 Å². The first-order valence-corrected chi connectivity index (χ1v) is 5.27. The fourth-order valence-corrected chi connectivity index (χ4v) is 2.01. The highest BCUT2D eigenvalue weighted by atomic mass is 16.5. The summed E-state index contributed by atoms with van der Waals surface area (Å²) in [7, 11) is 0. The van der Waals surface area contributed by atoms with Crippen molar-refractivity contribution in [1.29, 1.82) is 0 Å². The number of rotatable bonds is 3. The minimum absolute atomic E-state index is 0.534. The molecule has 2 fully saturated rings. The third kappa shape index (κ3) is 2.20. The lowest BCUT2D eigenvalue weighted by Crippen LogP contribution is -2.49. The van der Waals surface area contributed by atoms with Gasteiger partial charge in [0.15, 0.2) is 0 Å². The first-order valence-electron chi connectivity index (χ1n) is 5.27. The second-order valence-electron chi connectivity index (χ2n) is 4.12. The Kier molecular flexibility index (Phi) is 3.01. The van der Waals surface area contributed by atoms with Crippen molar-refractivity contribution in [3.63, 3.8) is 0 Å². The van der Waals surface area contributed by atoms with Crippen molar-refractivity contribution < 1.29 is 4.74 Å². The maximum Gasteiger partial charge on any atom is 0.0823 e. The van der Waals surface area contributed by atoms with E-state index in [4.69, 9.17) is 4.74 Å². The Morgan fingerprint density at radius 1 is 1.08 bits per heavy atom. The molecule has 1 aliphatic carbocycles. The summed E-state index contributed by atoms with van der Waals surface area (Å²) in [5, 5.41) is 3.22. The normalized spacial score (nSPS) is 27.0. The zero-order valence-electron chi connectivity index (χ0n) is 7.72. The number of nitrogens with one attached hydrogen (secondary N) is 1. The van der Waals surface area contributed by atoms with Crippen molar-refractivity contribution >= 4 is 0 Å². The quantitative estimate of drug-likeness (QED) is 0.692. The van der Waals surface area contributed by atoms with Gasteiger partial charge in [-0.05, 0) is 18.8 Å². The Hall–Kier alpha value is -0.0800. The van der Waals surface area contributed by atoms with Crippen LogP contribution >= 0.6 is 0 Å². The van der Waals surface area contributed by atoms with Gasteiger partial charge in [-0.15, -0.1) is 0 Å². The summed E-state index contributed by atoms with van der Waals surface area (Å²) in [6.45, 7) is 3.17. The van der Waals surface area contributed by atoms with Gasteiger partial charge in [-0.3, -0.25) is 0 Å². The molecule has 0 aromatic carbocycles. The van der Waals surface area contributed by atoms with Crippen LogP contribution < -0.4 is 5.32 Å². The second kappa shape index (κ2) is 4.24. The Morgan fingerprint density at radius 3 is 2.42 bits per heavy atom. The molecule has 12 heavy (non-hydrogen) atoms. The summed E-state index contributed by atoms with van der Waals surface area (Å²) < 4.78 is 5.75. The lowest BCUT2D eigenvalue weighted by molar-refractivity contribution is -0.00683. The highest BCUT2D eigenvalue weighted by Gasteiger charge is 2.20. The fourth-order valence-electron chi connectivity index (χ4n) is 2.01. The SMILES string of the molecule is C1CCC(COC2CNC2)CC1. The third-order valence-corrected chi connectivity index (χ3v) is 3.04. The van der Waals surface area contributed by atoms with Gasteiger partial charge in [-0.2, -0.15) is 0 Å². The van der Waals surface area contributed by atoms with Gasteiger partial charge in [-0.1, -0.05) is 19.3 Å². The van der Waals surface area contributed by atoms with E-state index in [2.05, 4.69) is 5.32 Å². The van der Waals surface area contributed by atoms with Crippen molar-refractivity contribution in [1.82, 2.24) is 5.32 Å². The molecule has 1 saturated heterocycles. The molecule has 0 aromatic rings. The maximum atomic E-state index is 5.75. The van der Waals surface area contributed by atoms with E-state index in [1.54, 1.807) is 0 Å². The van der Waals surface area contributed by atoms with Gasteiger partial charge >= 0.3 is 0 Å². The molecular formula is C10H19NO. The van der Waals surface area contributed by atoms with Gasteiger partial charge < -0.3 is 10.1 Å². The fraction of sp³-hybridized carbons (Fsp3) is 1.00. The molecule has 1 heterocycles. The molecule has 70 valence electrons. The van der Waals surface area contributed by atoms with Gasteiger partial charge in [0.05, 0.1) is 6.10 Å². The molecular weight excluding hydrogens is 150 g/mol. The van der Waals surface area contributed by atoms with Crippen LogP contribution in [0.15, 0.2) is 0 Å². The maximum absolute atomic E-state index is 5.75. The molecule has 1 N–H and O–H groups in total. The van der Waals surface area contributed by atoms with Crippen LogP contribution in [0.5, 0.6) is 0 Å². The number of hydrogen-bond acceptors (Lipinski definition) is 2. The molecule has 0 bridgehead atoms. The molecule has 1 saturated carbocycles. The Balaban J connectivity index is 1.58. The largest absolute Gasteiger partial charge is 0.375 e. The van der Waals surface area contributed by atoms with E-state index in [9.17, 15) is 0 Å². The van der Waals surface area contributed by atoms with E-state index < -0.39 is 0 Å². The highest BCUT2D eigenvalue weighted by molar-refractivity contribution is 4.75. The average molecular weight is 169 g/mol. The highest BCUT2D eigenvalue weighted by Crippen LogP contribution is 2.24. The Bertz CT molecular complexity index is 128. The molecule has 2 aliphatic rings. The zero-order valence-corrected chi connectivity index (χ0v) is 7.72. The van der Waals surface area contributed by atoms with Crippen LogP contribution in [0.4, 0.5) is 0 Å². The monoisotopic (exact) mass is 169 g/mol. The Morgan fingerprint density at radius 2 is 1.83 bits per heavy atom. The molecule has 1 aliphatic heterocycles. The Labute approximate surface area is 74.7 Å². The van der Waals surface area contributed by atoms with Gasteiger partial charge in [0.2, 0.25) is 0 Å². The zero-order chi connectivity index (χ0) is 8.23. The van der Waals surface area contributed by atoms with Crippen LogP contribution in [0.25, 0.3) is 0 Å². The molecule has 0 aromatic heterocycles. The molecule has 0 atom stereocenters. The lowest BCUT2D eigenvalue weighted by atomic mass is 9.90. The van der Waals surface area contributed by atoms with Crippen LogP contribution in [0.3, 0.4) is 0 Å². The second-order valence-corrected chi connectivity index (χ2v) is 4.12. The standard InChI is InChI=1S/C10H19NO/c1-2-4-9(5-3-1)8-12-10-6-11-7-10/h9-11H,1-8H2. The summed E-state index contributed by atoms with van der Waals surface area (Å²) in [6, 6.07) is 0. The van der Waals surface area contributed by atoms with Crippen LogP contribution in [0.1, 0.15) is 32.1 Å². The smallest absolute Gasteiger partial charge is 0.0823 e. The first-order chi connectivity index (χ1) is 5.95. The van der Waals surface area contributed by atoms with E-state index in [1.807, 2.05) is 0 Å². The van der Waals surface area contributed by atoms with Crippen molar-refractivity contribution in [3.05, 3.63) is 0 Å². The topological polar surface area (TPSA) is 21.3 Å². The molecule has 2 heteroatoms. The number of ether oxygens (including phenoxy) is 1. The van der Waals surface area contributed by atoms with Crippen molar-refractivity contribution in [2.75, 3.05) is 19.7 Å². The van der Waals surface area contributed by atoms with Crippen molar-refractivity contribution in [2.24, 2.45) is 5.92 Å². The average Bonchev–Trinajstić information content (AvgIpc) is 2.04. The van der Waals surface area contributed by atoms with Crippen LogP contribution in [0, 0.1) is 5.92 Å². The van der Waals surface area contributed by atoms with Gasteiger partial charge in [0, 0.05) is 19.7 Å². The summed E-state index contributed by atoms with van der Waals surface area (Å²) in [6.07, 6.45) is 7.64. The van der Waals surface area contributed by atoms with Gasteiger partial charge in [-0.25, -0.2) is 0 Å². The summed E-state index contributed by atoms with van der Waals surface area (Å²) in [5.74, 6) is 0.874. The molecule has 0 unspecified atom stereocenters. The summed E-state index contributed by atoms with van der Waals surface area (Å²) in [4.78, 5) is 0. The predicted octanol–water partition coefficient (Wildman–Crippen LogP) is 1.56. The summed E-state index contributed by atoms with van der Waals surface area (Å²) >= 11 is 0. The van der Waals surface area contributed by atoms with Crippen LogP contribution in [-0.2, 0) is 4.74 Å². The van der Waals surface area contributed by atoms with E-state index in [0.717, 1.165) is 25.6 Å². The third-order valence-electron chi connectivity index (χ3n) is 3.04. The molecule has 0 spiro atoms. The van der Waals surface area contributed by atoms with Gasteiger partial charge in [0.1, 0.15) is 0 Å². The molecule has 0 radical (unpaired) electrons. The minimum Gasteiger partial charge on any atom is -0.375 e. The van der Waals surface area contributed by atoms with E-state index in [1.165, 1.54) is 32.1 Å².